The number of hydrogen-bond donors (Lipinski definition) is 0. The van der Waals surface area contributed by atoms with Gasteiger partial charge in [-0.05, 0) is 25.0 Å². The molecule has 0 saturated heterocycles. The van der Waals surface area contributed by atoms with Crippen molar-refractivity contribution in [2.45, 2.75) is 44.6 Å². The summed E-state index contributed by atoms with van der Waals surface area (Å²) in [5, 5.41) is 0. The highest BCUT2D eigenvalue weighted by Gasteiger charge is 2.28. The SMILES string of the molecule is COC(=O)CCN(C(=O)c1ccccc1OC)C1CCCCC1. The molecule has 0 heterocycles. The zero-order valence-corrected chi connectivity index (χ0v) is 13.9. The summed E-state index contributed by atoms with van der Waals surface area (Å²) in [4.78, 5) is 26.3. The van der Waals surface area contributed by atoms with E-state index in [1.807, 2.05) is 17.0 Å². The zero-order chi connectivity index (χ0) is 16.7. The topological polar surface area (TPSA) is 55.8 Å². The quantitative estimate of drug-likeness (QED) is 0.756. The first-order valence-corrected chi connectivity index (χ1v) is 8.18. The number of carbonyl (C=O) groups is 2. The minimum atomic E-state index is -0.293. The van der Waals surface area contributed by atoms with Crippen LogP contribution >= 0.6 is 0 Å². The molecule has 0 aliphatic heterocycles. The third-order valence-corrected chi connectivity index (χ3v) is 4.40. The van der Waals surface area contributed by atoms with Crippen LogP contribution in [0.25, 0.3) is 0 Å². The molecule has 1 aromatic carbocycles. The van der Waals surface area contributed by atoms with Gasteiger partial charge in [-0.1, -0.05) is 31.4 Å². The Morgan fingerprint density at radius 1 is 1.13 bits per heavy atom. The number of para-hydroxylation sites is 1. The van der Waals surface area contributed by atoms with Crippen molar-refractivity contribution in [2.75, 3.05) is 20.8 Å². The molecule has 1 aromatic rings. The average molecular weight is 319 g/mol. The van der Waals surface area contributed by atoms with Crippen LogP contribution < -0.4 is 4.74 Å². The van der Waals surface area contributed by atoms with E-state index in [0.717, 1.165) is 25.7 Å². The van der Waals surface area contributed by atoms with Gasteiger partial charge in [-0.25, -0.2) is 0 Å². The third-order valence-electron chi connectivity index (χ3n) is 4.40. The molecule has 1 saturated carbocycles. The Morgan fingerprint density at radius 3 is 2.48 bits per heavy atom. The number of nitrogens with zero attached hydrogens (tertiary/aromatic N) is 1. The van der Waals surface area contributed by atoms with Crippen molar-refractivity contribution in [3.8, 4) is 5.75 Å². The first-order valence-electron chi connectivity index (χ1n) is 8.18. The van der Waals surface area contributed by atoms with Crippen LogP contribution in [0.3, 0.4) is 0 Å². The highest BCUT2D eigenvalue weighted by Crippen LogP contribution is 2.27. The van der Waals surface area contributed by atoms with Crippen LogP contribution in [0.2, 0.25) is 0 Å². The Hall–Kier alpha value is -2.04. The average Bonchev–Trinajstić information content (AvgIpc) is 2.62. The lowest BCUT2D eigenvalue weighted by Gasteiger charge is -2.34. The van der Waals surface area contributed by atoms with E-state index < -0.39 is 0 Å². The number of esters is 1. The molecule has 0 radical (unpaired) electrons. The van der Waals surface area contributed by atoms with Gasteiger partial charge in [0, 0.05) is 12.6 Å². The predicted molar refractivity (Wildman–Crippen MR) is 87.5 cm³/mol. The maximum absolute atomic E-state index is 13.0. The fourth-order valence-electron chi connectivity index (χ4n) is 3.13. The van der Waals surface area contributed by atoms with Gasteiger partial charge >= 0.3 is 5.97 Å². The number of hydrogen-bond acceptors (Lipinski definition) is 4. The minimum Gasteiger partial charge on any atom is -0.496 e. The van der Waals surface area contributed by atoms with Crippen LogP contribution in [0.1, 0.15) is 48.9 Å². The summed E-state index contributed by atoms with van der Waals surface area (Å²) in [7, 11) is 2.93. The molecule has 0 atom stereocenters. The molecule has 0 bridgehead atoms. The number of carbonyl (C=O) groups excluding carboxylic acids is 2. The molecule has 2 rings (SSSR count). The Labute approximate surface area is 137 Å². The molecule has 5 heteroatoms. The van der Waals surface area contributed by atoms with Crippen LogP contribution in [0.15, 0.2) is 24.3 Å². The van der Waals surface area contributed by atoms with Gasteiger partial charge in [0.25, 0.3) is 5.91 Å². The maximum atomic E-state index is 13.0. The number of ether oxygens (including phenoxy) is 2. The number of amides is 1. The van der Waals surface area contributed by atoms with Crippen LogP contribution in [0.4, 0.5) is 0 Å². The summed E-state index contributed by atoms with van der Waals surface area (Å²) in [6.07, 6.45) is 5.65. The lowest BCUT2D eigenvalue weighted by Crippen LogP contribution is -2.42. The van der Waals surface area contributed by atoms with E-state index in [0.29, 0.717) is 17.9 Å². The standard InChI is InChI=1S/C18H25NO4/c1-22-16-11-7-6-10-15(16)18(21)19(13-12-17(20)23-2)14-8-4-3-5-9-14/h6-7,10-11,14H,3-5,8-9,12-13H2,1-2H3. The fourth-order valence-corrected chi connectivity index (χ4v) is 3.13. The van der Waals surface area contributed by atoms with Crippen LogP contribution in [-0.4, -0.2) is 43.6 Å². The van der Waals surface area contributed by atoms with Crippen molar-refractivity contribution in [3.63, 3.8) is 0 Å². The summed E-state index contributed by atoms with van der Waals surface area (Å²) in [5.74, 6) is 0.202. The summed E-state index contributed by atoms with van der Waals surface area (Å²) in [5.41, 5.74) is 0.547. The lowest BCUT2D eigenvalue weighted by molar-refractivity contribution is -0.140. The van der Waals surface area contributed by atoms with Gasteiger partial charge < -0.3 is 14.4 Å². The first-order chi connectivity index (χ1) is 11.2. The van der Waals surface area contributed by atoms with E-state index in [1.165, 1.54) is 13.5 Å². The van der Waals surface area contributed by atoms with Gasteiger partial charge in [-0.15, -0.1) is 0 Å². The summed E-state index contributed by atoms with van der Waals surface area (Å²) < 4.78 is 10.0. The predicted octanol–water partition coefficient (Wildman–Crippen LogP) is 3.03. The van der Waals surface area contributed by atoms with Crippen LogP contribution in [-0.2, 0) is 9.53 Å². The van der Waals surface area contributed by atoms with E-state index in [1.54, 1.807) is 19.2 Å². The molecule has 0 N–H and O–H groups in total. The van der Waals surface area contributed by atoms with Crippen molar-refractivity contribution < 1.29 is 19.1 Å². The normalized spacial score (nSPS) is 15.0. The largest absolute Gasteiger partial charge is 0.496 e. The van der Waals surface area contributed by atoms with Gasteiger partial charge in [0.2, 0.25) is 0 Å². The first kappa shape index (κ1) is 17.3. The van der Waals surface area contributed by atoms with Gasteiger partial charge in [-0.3, -0.25) is 9.59 Å². The van der Waals surface area contributed by atoms with Crippen molar-refractivity contribution >= 4 is 11.9 Å². The highest BCUT2D eigenvalue weighted by atomic mass is 16.5. The Balaban J connectivity index is 2.20. The summed E-state index contributed by atoms with van der Waals surface area (Å²) in [6.45, 7) is 0.383. The number of benzene rings is 1. The molecule has 0 unspecified atom stereocenters. The minimum absolute atomic E-state index is 0.0711. The molecule has 5 nitrogen and oxygen atoms in total. The monoisotopic (exact) mass is 319 g/mol. The van der Waals surface area contributed by atoms with Crippen molar-refractivity contribution in [1.82, 2.24) is 4.90 Å². The second-order valence-electron chi connectivity index (χ2n) is 5.82. The summed E-state index contributed by atoms with van der Waals surface area (Å²) >= 11 is 0. The van der Waals surface area contributed by atoms with E-state index in [2.05, 4.69) is 0 Å². The van der Waals surface area contributed by atoms with Gasteiger partial charge in [0.1, 0.15) is 5.75 Å². The Kier molecular flexibility index (Phi) is 6.44. The fraction of sp³-hybridized carbons (Fsp3) is 0.556. The molecule has 126 valence electrons. The third kappa shape index (κ3) is 4.47. The Bertz CT molecular complexity index is 538. The van der Waals surface area contributed by atoms with Gasteiger partial charge in [-0.2, -0.15) is 0 Å². The second kappa shape index (κ2) is 8.56. The molecule has 1 fully saturated rings. The molecular weight excluding hydrogens is 294 g/mol. The smallest absolute Gasteiger partial charge is 0.307 e. The summed E-state index contributed by atoms with van der Waals surface area (Å²) in [6, 6.07) is 7.41. The van der Waals surface area contributed by atoms with Gasteiger partial charge in [0.15, 0.2) is 0 Å². The molecule has 0 aromatic heterocycles. The van der Waals surface area contributed by atoms with Crippen LogP contribution in [0.5, 0.6) is 5.75 Å². The van der Waals surface area contributed by atoms with E-state index >= 15 is 0 Å². The van der Waals surface area contributed by atoms with Crippen molar-refractivity contribution in [3.05, 3.63) is 29.8 Å². The van der Waals surface area contributed by atoms with Gasteiger partial charge in [0.05, 0.1) is 26.2 Å². The van der Waals surface area contributed by atoms with E-state index in [9.17, 15) is 9.59 Å². The Morgan fingerprint density at radius 2 is 1.83 bits per heavy atom. The molecular formula is C18H25NO4. The second-order valence-corrected chi connectivity index (χ2v) is 5.82. The number of rotatable bonds is 6. The van der Waals surface area contributed by atoms with E-state index in [4.69, 9.17) is 9.47 Å². The molecule has 0 spiro atoms. The maximum Gasteiger partial charge on any atom is 0.307 e. The molecule has 1 amide bonds. The zero-order valence-electron chi connectivity index (χ0n) is 13.9. The number of methoxy groups -OCH3 is 2. The molecule has 1 aliphatic rings. The molecule has 23 heavy (non-hydrogen) atoms. The highest BCUT2D eigenvalue weighted by molar-refractivity contribution is 5.97. The molecule has 1 aliphatic carbocycles. The van der Waals surface area contributed by atoms with E-state index in [-0.39, 0.29) is 24.3 Å². The van der Waals surface area contributed by atoms with Crippen LogP contribution in [0, 0.1) is 0 Å². The van der Waals surface area contributed by atoms with Crippen molar-refractivity contribution in [1.29, 1.82) is 0 Å². The lowest BCUT2D eigenvalue weighted by atomic mass is 9.93. The van der Waals surface area contributed by atoms with Crippen molar-refractivity contribution in [2.24, 2.45) is 0 Å².